The third kappa shape index (κ3) is 3.98. The molecule has 2 aromatic carbocycles. The number of urea groups is 1. The molecular formula is C21H24N4O3. The van der Waals surface area contributed by atoms with Crippen LogP contribution in [-0.2, 0) is 16.0 Å². The molecule has 0 bridgehead atoms. The predicted molar refractivity (Wildman–Crippen MR) is 105 cm³/mol. The first kappa shape index (κ1) is 19.4. The van der Waals surface area contributed by atoms with E-state index in [9.17, 15) is 14.4 Å². The Labute approximate surface area is 163 Å². The smallest absolute Gasteiger partial charge is 0.312 e. The van der Waals surface area contributed by atoms with Crippen LogP contribution in [0.5, 0.6) is 0 Å². The van der Waals surface area contributed by atoms with Crippen molar-refractivity contribution >= 4 is 17.8 Å². The standard InChI is InChI=1S/C21H24N4O3/c1-13-6-2-4-8-15(13)17(24-21(23)28)12-18(26)25-11-10-14-7-3-5-9-16(14)19(25)20(22)27/h2-9,17,19H,10-12H2,1H3,(H2,22,27)(H3,23,24,28). The normalized spacial score (nSPS) is 16.8. The second kappa shape index (κ2) is 8.12. The number of hydrogen-bond donors (Lipinski definition) is 3. The van der Waals surface area contributed by atoms with E-state index in [4.69, 9.17) is 11.5 Å². The average Bonchev–Trinajstić information content (AvgIpc) is 2.66. The van der Waals surface area contributed by atoms with Crippen LogP contribution in [-0.4, -0.2) is 29.3 Å². The Morgan fingerprint density at radius 2 is 1.79 bits per heavy atom. The van der Waals surface area contributed by atoms with Crippen molar-refractivity contribution in [3.8, 4) is 0 Å². The minimum atomic E-state index is -0.816. The largest absolute Gasteiger partial charge is 0.368 e. The summed E-state index contributed by atoms with van der Waals surface area (Å²) < 4.78 is 0. The van der Waals surface area contributed by atoms with E-state index in [-0.39, 0.29) is 12.3 Å². The summed E-state index contributed by atoms with van der Waals surface area (Å²) in [6.45, 7) is 2.29. The first-order valence-corrected chi connectivity index (χ1v) is 9.16. The summed E-state index contributed by atoms with van der Waals surface area (Å²) in [7, 11) is 0. The molecular weight excluding hydrogens is 356 g/mol. The first-order chi connectivity index (χ1) is 13.4. The van der Waals surface area contributed by atoms with E-state index in [0.29, 0.717) is 13.0 Å². The molecule has 0 radical (unpaired) electrons. The molecule has 5 N–H and O–H groups in total. The van der Waals surface area contributed by atoms with Crippen molar-refractivity contribution in [3.63, 3.8) is 0 Å². The van der Waals surface area contributed by atoms with Gasteiger partial charge in [0.15, 0.2) is 0 Å². The van der Waals surface area contributed by atoms with Gasteiger partial charge in [0.1, 0.15) is 6.04 Å². The summed E-state index contributed by atoms with van der Waals surface area (Å²) in [5, 5.41) is 2.65. The van der Waals surface area contributed by atoms with E-state index in [1.54, 1.807) is 0 Å². The number of hydrogen-bond acceptors (Lipinski definition) is 3. The molecule has 0 fully saturated rings. The lowest BCUT2D eigenvalue weighted by atomic mass is 9.91. The number of carbonyl (C=O) groups is 3. The molecule has 1 heterocycles. The van der Waals surface area contributed by atoms with Crippen LogP contribution < -0.4 is 16.8 Å². The molecule has 2 atom stereocenters. The van der Waals surface area contributed by atoms with Crippen LogP contribution in [0.4, 0.5) is 4.79 Å². The highest BCUT2D eigenvalue weighted by molar-refractivity contribution is 5.89. The molecule has 28 heavy (non-hydrogen) atoms. The molecule has 7 heteroatoms. The van der Waals surface area contributed by atoms with Crippen molar-refractivity contribution in [2.24, 2.45) is 11.5 Å². The number of rotatable bonds is 5. The summed E-state index contributed by atoms with van der Waals surface area (Å²) in [5.74, 6) is -0.837. The maximum absolute atomic E-state index is 13.1. The van der Waals surface area contributed by atoms with E-state index in [1.807, 2.05) is 55.5 Å². The summed E-state index contributed by atoms with van der Waals surface area (Å²) in [4.78, 5) is 38.3. The van der Waals surface area contributed by atoms with Crippen molar-refractivity contribution < 1.29 is 14.4 Å². The van der Waals surface area contributed by atoms with Gasteiger partial charge in [-0.3, -0.25) is 9.59 Å². The maximum atomic E-state index is 13.1. The number of benzene rings is 2. The van der Waals surface area contributed by atoms with Crippen molar-refractivity contribution in [1.29, 1.82) is 0 Å². The first-order valence-electron chi connectivity index (χ1n) is 9.16. The Hall–Kier alpha value is -3.35. The molecule has 0 aromatic heterocycles. The zero-order valence-corrected chi connectivity index (χ0v) is 15.7. The van der Waals surface area contributed by atoms with Crippen LogP contribution in [0, 0.1) is 6.92 Å². The Kier molecular flexibility index (Phi) is 5.63. The lowest BCUT2D eigenvalue weighted by Gasteiger charge is -2.36. The van der Waals surface area contributed by atoms with Gasteiger partial charge in [-0.25, -0.2) is 4.79 Å². The molecule has 7 nitrogen and oxygen atoms in total. The van der Waals surface area contributed by atoms with Crippen molar-refractivity contribution in [2.45, 2.75) is 31.8 Å². The third-order valence-corrected chi connectivity index (χ3v) is 5.13. The Balaban J connectivity index is 1.88. The molecule has 3 rings (SSSR count). The molecule has 2 aromatic rings. The second-order valence-electron chi connectivity index (χ2n) is 6.96. The van der Waals surface area contributed by atoms with Gasteiger partial charge in [-0.05, 0) is 35.6 Å². The fraction of sp³-hybridized carbons (Fsp3) is 0.286. The molecule has 0 spiro atoms. The summed E-state index contributed by atoms with van der Waals surface area (Å²) in [6.07, 6.45) is 0.629. The van der Waals surface area contributed by atoms with Crippen LogP contribution >= 0.6 is 0 Å². The fourth-order valence-corrected chi connectivity index (χ4v) is 3.82. The fourth-order valence-electron chi connectivity index (χ4n) is 3.82. The Morgan fingerprint density at radius 1 is 1.11 bits per heavy atom. The SMILES string of the molecule is Cc1ccccc1C(CC(=O)N1CCc2ccccc2C1C(N)=O)NC(N)=O. The number of nitrogens with two attached hydrogens (primary N) is 2. The second-order valence-corrected chi connectivity index (χ2v) is 6.96. The minimum Gasteiger partial charge on any atom is -0.368 e. The zero-order chi connectivity index (χ0) is 20.3. The van der Waals surface area contributed by atoms with Gasteiger partial charge < -0.3 is 21.7 Å². The van der Waals surface area contributed by atoms with Gasteiger partial charge in [0.2, 0.25) is 11.8 Å². The highest BCUT2D eigenvalue weighted by atomic mass is 16.2. The minimum absolute atomic E-state index is 0.0141. The van der Waals surface area contributed by atoms with Gasteiger partial charge in [0.05, 0.1) is 12.5 Å². The van der Waals surface area contributed by atoms with Crippen LogP contribution in [0.2, 0.25) is 0 Å². The van der Waals surface area contributed by atoms with Crippen LogP contribution in [0.1, 0.15) is 40.8 Å². The maximum Gasteiger partial charge on any atom is 0.312 e. The number of carbonyl (C=O) groups excluding carboxylic acids is 3. The molecule has 0 aliphatic carbocycles. The van der Waals surface area contributed by atoms with Gasteiger partial charge in [-0.1, -0.05) is 48.5 Å². The molecule has 1 aliphatic heterocycles. The van der Waals surface area contributed by atoms with Gasteiger partial charge in [-0.2, -0.15) is 0 Å². The average molecular weight is 380 g/mol. The van der Waals surface area contributed by atoms with E-state index in [0.717, 1.165) is 22.3 Å². The Bertz CT molecular complexity index is 912. The molecule has 0 saturated heterocycles. The van der Waals surface area contributed by atoms with E-state index < -0.39 is 24.0 Å². The topological polar surface area (TPSA) is 119 Å². The summed E-state index contributed by atoms with van der Waals surface area (Å²) >= 11 is 0. The zero-order valence-electron chi connectivity index (χ0n) is 15.7. The predicted octanol–water partition coefficient (Wildman–Crippen LogP) is 1.71. The van der Waals surface area contributed by atoms with Gasteiger partial charge in [0, 0.05) is 6.54 Å². The number of amides is 4. The number of nitrogens with one attached hydrogen (secondary N) is 1. The van der Waals surface area contributed by atoms with Crippen molar-refractivity contribution in [2.75, 3.05) is 6.54 Å². The van der Waals surface area contributed by atoms with Gasteiger partial charge in [-0.15, -0.1) is 0 Å². The highest BCUT2D eigenvalue weighted by Crippen LogP contribution is 2.31. The van der Waals surface area contributed by atoms with Crippen LogP contribution in [0.3, 0.4) is 0 Å². The molecule has 4 amide bonds. The number of primary amides is 2. The van der Waals surface area contributed by atoms with E-state index >= 15 is 0 Å². The van der Waals surface area contributed by atoms with E-state index in [1.165, 1.54) is 4.90 Å². The number of aryl methyl sites for hydroxylation is 1. The van der Waals surface area contributed by atoms with Gasteiger partial charge >= 0.3 is 6.03 Å². The summed E-state index contributed by atoms with van der Waals surface area (Å²) in [5.41, 5.74) is 14.5. The van der Waals surface area contributed by atoms with Crippen molar-refractivity contribution in [1.82, 2.24) is 10.2 Å². The lowest BCUT2D eigenvalue weighted by Crippen LogP contribution is -2.47. The van der Waals surface area contributed by atoms with E-state index in [2.05, 4.69) is 5.32 Å². The number of fused-ring (bicyclic) bond motifs is 1. The molecule has 0 saturated carbocycles. The monoisotopic (exact) mass is 380 g/mol. The van der Waals surface area contributed by atoms with Gasteiger partial charge in [0.25, 0.3) is 0 Å². The quantitative estimate of drug-likeness (QED) is 0.732. The third-order valence-electron chi connectivity index (χ3n) is 5.13. The lowest BCUT2D eigenvalue weighted by molar-refractivity contribution is -0.140. The summed E-state index contributed by atoms with van der Waals surface area (Å²) in [6, 6.07) is 12.9. The Morgan fingerprint density at radius 3 is 2.46 bits per heavy atom. The number of nitrogens with zero attached hydrogens (tertiary/aromatic N) is 1. The molecule has 2 unspecified atom stereocenters. The highest BCUT2D eigenvalue weighted by Gasteiger charge is 2.35. The van der Waals surface area contributed by atoms with Crippen LogP contribution in [0.25, 0.3) is 0 Å². The van der Waals surface area contributed by atoms with Crippen molar-refractivity contribution in [3.05, 3.63) is 70.8 Å². The molecule has 1 aliphatic rings. The molecule has 146 valence electrons. The van der Waals surface area contributed by atoms with Crippen LogP contribution in [0.15, 0.2) is 48.5 Å².